The van der Waals surface area contributed by atoms with Gasteiger partial charge in [0.2, 0.25) is 0 Å². The molecule has 0 N–H and O–H groups in total. The van der Waals surface area contributed by atoms with Crippen LogP contribution >= 0.6 is 0 Å². The molecule has 1 rings (SSSR count). The minimum Gasteiger partial charge on any atom is -0.0671 e. The molecule has 0 bridgehead atoms. The van der Waals surface area contributed by atoms with Crippen LogP contribution in [0.15, 0.2) is 0 Å². The molecule has 0 amide bonds. The molecule has 0 aromatic rings. The molecular weight excluding hydrogens is 274 g/mol. The average molecular weight is 318 g/mol. The molecule has 0 unspecified atom stereocenters. The standard InChI is InChI=1S/C21H44B2/c1-17(2)20(8)13-9-11-15-21(22,16-12-10-14-20)19(6,7)23-18(3,4)5/h17,23H,9-16,22H2,1-8H3. The van der Waals surface area contributed by atoms with Crippen molar-refractivity contribution in [3.63, 3.8) is 0 Å². The van der Waals surface area contributed by atoms with E-state index < -0.39 is 0 Å². The smallest absolute Gasteiger partial charge is 0.0671 e. The Kier molecular flexibility index (Phi) is 6.97. The SMILES string of the molecule is BC1(C(C)(C)BC(C)(C)C)CCCCC(C)(C(C)C)CCCC1. The Morgan fingerprint density at radius 3 is 1.57 bits per heavy atom. The van der Waals surface area contributed by atoms with Gasteiger partial charge in [-0.15, -0.1) is 0 Å². The average Bonchev–Trinajstić information content (AvgIpc) is 2.36. The van der Waals surface area contributed by atoms with Gasteiger partial charge in [-0.1, -0.05) is 110 Å². The monoisotopic (exact) mass is 318 g/mol. The highest BCUT2D eigenvalue weighted by Crippen LogP contribution is 2.58. The fourth-order valence-electron chi connectivity index (χ4n) is 5.13. The molecule has 0 aromatic carbocycles. The molecule has 0 atom stereocenters. The minimum absolute atomic E-state index is 0.429. The molecule has 1 fully saturated rings. The van der Waals surface area contributed by atoms with Crippen molar-refractivity contribution in [2.75, 3.05) is 0 Å². The van der Waals surface area contributed by atoms with E-state index in [0.717, 1.165) is 5.92 Å². The predicted octanol–water partition coefficient (Wildman–Crippen LogP) is 6.43. The molecule has 0 spiro atoms. The Hall–Kier alpha value is 0.130. The van der Waals surface area contributed by atoms with Gasteiger partial charge in [0.15, 0.2) is 0 Å². The maximum atomic E-state index is 2.60. The first-order valence-electron chi connectivity index (χ1n) is 10.3. The van der Waals surface area contributed by atoms with E-state index in [9.17, 15) is 0 Å². The van der Waals surface area contributed by atoms with Crippen LogP contribution in [-0.2, 0) is 0 Å². The van der Waals surface area contributed by atoms with Gasteiger partial charge in [-0.25, -0.2) is 0 Å². The summed E-state index contributed by atoms with van der Waals surface area (Å²) in [7, 11) is 3.93. The highest BCUT2D eigenvalue weighted by atomic mass is 14.4. The first-order valence-corrected chi connectivity index (χ1v) is 10.3. The molecular formula is C21H44B2. The van der Waals surface area contributed by atoms with Gasteiger partial charge in [-0.3, -0.25) is 0 Å². The van der Waals surface area contributed by atoms with Gasteiger partial charge in [0.05, 0.1) is 0 Å². The van der Waals surface area contributed by atoms with Crippen molar-refractivity contribution in [1.29, 1.82) is 0 Å². The Morgan fingerprint density at radius 2 is 1.22 bits per heavy atom. The molecule has 0 radical (unpaired) electrons. The van der Waals surface area contributed by atoms with Crippen LogP contribution in [0.3, 0.4) is 0 Å². The lowest BCUT2D eigenvalue weighted by Gasteiger charge is -2.48. The Balaban J connectivity index is 2.81. The third kappa shape index (κ3) is 5.86. The van der Waals surface area contributed by atoms with Crippen LogP contribution in [0.4, 0.5) is 0 Å². The summed E-state index contributed by atoms with van der Waals surface area (Å²) >= 11 is 0. The molecule has 23 heavy (non-hydrogen) atoms. The summed E-state index contributed by atoms with van der Waals surface area (Å²) in [6, 6.07) is 0. The first kappa shape index (κ1) is 21.2. The number of hydrogen-bond acceptors (Lipinski definition) is 0. The van der Waals surface area contributed by atoms with Crippen molar-refractivity contribution in [2.24, 2.45) is 11.3 Å². The minimum atomic E-state index is 0.429. The maximum absolute atomic E-state index is 2.60. The zero-order chi connectivity index (χ0) is 17.9. The number of rotatable bonds is 3. The Bertz CT molecular complexity index is 351. The summed E-state index contributed by atoms with van der Waals surface area (Å²) in [5.74, 6) is 0.825. The fourth-order valence-corrected chi connectivity index (χ4v) is 5.13. The highest BCUT2D eigenvalue weighted by Gasteiger charge is 2.43. The topological polar surface area (TPSA) is 0 Å². The lowest BCUT2D eigenvalue weighted by atomic mass is 9.30. The van der Waals surface area contributed by atoms with Gasteiger partial charge < -0.3 is 0 Å². The van der Waals surface area contributed by atoms with E-state index in [1.54, 1.807) is 0 Å². The lowest BCUT2D eigenvalue weighted by Crippen LogP contribution is -2.35. The summed E-state index contributed by atoms with van der Waals surface area (Å²) in [6.07, 6.45) is 11.4. The van der Waals surface area contributed by atoms with E-state index in [1.807, 2.05) is 0 Å². The van der Waals surface area contributed by atoms with Crippen molar-refractivity contribution in [1.82, 2.24) is 0 Å². The van der Waals surface area contributed by atoms with Crippen molar-refractivity contribution >= 4 is 15.1 Å². The van der Waals surface area contributed by atoms with Crippen LogP contribution in [-0.4, -0.2) is 15.1 Å². The summed E-state index contributed by atoms with van der Waals surface area (Å²) in [6.45, 7) is 19.7. The normalized spacial score (nSPS) is 31.9. The molecule has 0 heterocycles. The van der Waals surface area contributed by atoms with Crippen molar-refractivity contribution < 1.29 is 0 Å². The molecule has 0 aromatic heterocycles. The highest BCUT2D eigenvalue weighted by molar-refractivity contribution is 6.46. The van der Waals surface area contributed by atoms with Crippen molar-refractivity contribution in [3.05, 3.63) is 0 Å². The van der Waals surface area contributed by atoms with E-state index in [4.69, 9.17) is 0 Å². The van der Waals surface area contributed by atoms with Crippen LogP contribution in [0.2, 0.25) is 15.9 Å². The van der Waals surface area contributed by atoms with E-state index in [2.05, 4.69) is 63.2 Å². The predicted molar refractivity (Wildman–Crippen MR) is 112 cm³/mol. The summed E-state index contributed by atoms with van der Waals surface area (Å²) < 4.78 is 0. The van der Waals surface area contributed by atoms with E-state index >= 15 is 0 Å². The van der Waals surface area contributed by atoms with Crippen molar-refractivity contribution in [2.45, 2.75) is 123 Å². The molecule has 134 valence electrons. The van der Waals surface area contributed by atoms with Gasteiger partial charge in [0, 0.05) is 0 Å². The molecule has 1 aliphatic carbocycles. The van der Waals surface area contributed by atoms with E-state index in [-0.39, 0.29) is 0 Å². The van der Waals surface area contributed by atoms with Crippen LogP contribution < -0.4 is 0 Å². The second kappa shape index (κ2) is 7.57. The van der Waals surface area contributed by atoms with Gasteiger partial charge >= 0.3 is 0 Å². The van der Waals surface area contributed by atoms with Gasteiger partial charge in [-0.2, -0.15) is 0 Å². The molecule has 2 heteroatoms. The molecule has 0 aliphatic heterocycles. The molecule has 1 aliphatic rings. The van der Waals surface area contributed by atoms with Gasteiger partial charge in [-0.05, 0) is 24.2 Å². The summed E-state index contributed by atoms with van der Waals surface area (Å²) in [5.41, 5.74) is 0.578. The summed E-state index contributed by atoms with van der Waals surface area (Å²) in [5, 5.41) is 1.37. The first-order chi connectivity index (χ1) is 10.3. The summed E-state index contributed by atoms with van der Waals surface area (Å²) in [4.78, 5) is 0. The largest absolute Gasteiger partial charge is 0.133 e. The fraction of sp³-hybridized carbons (Fsp3) is 1.00. The zero-order valence-electron chi connectivity index (χ0n) is 17.9. The Labute approximate surface area is 149 Å². The third-order valence-electron chi connectivity index (χ3n) is 7.45. The molecule has 0 nitrogen and oxygen atoms in total. The molecule has 1 saturated carbocycles. The number of hydrogen-bond donors (Lipinski definition) is 0. The quantitative estimate of drug-likeness (QED) is 0.526. The van der Waals surface area contributed by atoms with Crippen LogP contribution in [0.1, 0.15) is 107 Å². The van der Waals surface area contributed by atoms with Crippen LogP contribution in [0.5, 0.6) is 0 Å². The third-order valence-corrected chi connectivity index (χ3v) is 7.45. The Morgan fingerprint density at radius 1 is 0.826 bits per heavy atom. The van der Waals surface area contributed by atoms with Gasteiger partial charge in [0.25, 0.3) is 0 Å². The van der Waals surface area contributed by atoms with E-state index in [0.29, 0.717) is 21.4 Å². The second-order valence-electron chi connectivity index (χ2n) is 11.4. The van der Waals surface area contributed by atoms with Crippen LogP contribution in [0.25, 0.3) is 0 Å². The second-order valence-corrected chi connectivity index (χ2v) is 11.4. The van der Waals surface area contributed by atoms with Gasteiger partial charge in [0.1, 0.15) is 15.1 Å². The van der Waals surface area contributed by atoms with Crippen LogP contribution in [0, 0.1) is 11.3 Å². The van der Waals surface area contributed by atoms with E-state index in [1.165, 1.54) is 58.6 Å². The maximum Gasteiger partial charge on any atom is 0.133 e. The molecule has 0 saturated heterocycles. The lowest BCUT2D eigenvalue weighted by molar-refractivity contribution is 0.159. The zero-order valence-corrected chi connectivity index (χ0v) is 17.9. The van der Waals surface area contributed by atoms with Crippen molar-refractivity contribution in [3.8, 4) is 0 Å².